The van der Waals surface area contributed by atoms with Gasteiger partial charge in [0, 0.05) is 24.7 Å². The predicted octanol–water partition coefficient (Wildman–Crippen LogP) is 3.52. The second-order valence-electron chi connectivity index (χ2n) is 7.85. The normalized spacial score (nSPS) is 13.0. The lowest BCUT2D eigenvalue weighted by Gasteiger charge is -2.22. The highest BCUT2D eigenvalue weighted by Gasteiger charge is 2.30. The third-order valence-corrected chi connectivity index (χ3v) is 5.39. The van der Waals surface area contributed by atoms with Gasteiger partial charge in [-0.15, -0.1) is 0 Å². The number of methoxy groups -OCH3 is 1. The summed E-state index contributed by atoms with van der Waals surface area (Å²) in [6.07, 6.45) is 2.29. The SMILES string of the molecule is COC(=O)c1ccccc1NC(=O)CCN(CC(=O)Nc1c(C)cccc1C)C1CC1. The van der Waals surface area contributed by atoms with Crippen molar-refractivity contribution in [1.29, 1.82) is 0 Å². The molecule has 0 atom stereocenters. The van der Waals surface area contributed by atoms with Crippen molar-refractivity contribution in [1.82, 2.24) is 4.90 Å². The van der Waals surface area contributed by atoms with Crippen LogP contribution in [0, 0.1) is 13.8 Å². The predicted molar refractivity (Wildman–Crippen MR) is 120 cm³/mol. The van der Waals surface area contributed by atoms with E-state index in [1.54, 1.807) is 24.3 Å². The van der Waals surface area contributed by atoms with Gasteiger partial charge in [0.25, 0.3) is 0 Å². The molecule has 0 heterocycles. The highest BCUT2D eigenvalue weighted by Crippen LogP contribution is 2.27. The molecule has 2 aromatic carbocycles. The van der Waals surface area contributed by atoms with E-state index in [9.17, 15) is 14.4 Å². The number of carbonyl (C=O) groups excluding carboxylic acids is 3. The standard InChI is InChI=1S/C24H29N3O4/c1-16-7-6-8-17(2)23(16)26-22(29)15-27(18-11-12-18)14-13-21(28)25-20-10-5-4-9-19(20)24(30)31-3/h4-10,18H,11-15H2,1-3H3,(H,25,28)(H,26,29). The Hall–Kier alpha value is -3.19. The Morgan fingerprint density at radius 3 is 2.29 bits per heavy atom. The lowest BCUT2D eigenvalue weighted by Crippen LogP contribution is -2.37. The molecule has 2 amide bonds. The average molecular weight is 424 g/mol. The fourth-order valence-corrected chi connectivity index (χ4v) is 3.54. The fraction of sp³-hybridized carbons (Fsp3) is 0.375. The number of benzene rings is 2. The number of nitrogens with one attached hydrogen (secondary N) is 2. The van der Waals surface area contributed by atoms with Crippen LogP contribution in [-0.2, 0) is 14.3 Å². The molecular formula is C24H29N3O4. The largest absolute Gasteiger partial charge is 0.465 e. The van der Waals surface area contributed by atoms with E-state index in [1.807, 2.05) is 32.0 Å². The van der Waals surface area contributed by atoms with Crippen LogP contribution in [0.3, 0.4) is 0 Å². The van der Waals surface area contributed by atoms with Crippen LogP contribution in [0.5, 0.6) is 0 Å². The van der Waals surface area contributed by atoms with Gasteiger partial charge in [-0.05, 0) is 49.9 Å². The average Bonchev–Trinajstić information content (AvgIpc) is 3.59. The van der Waals surface area contributed by atoms with E-state index in [1.165, 1.54) is 7.11 Å². The second-order valence-corrected chi connectivity index (χ2v) is 7.85. The number of hydrogen-bond acceptors (Lipinski definition) is 5. The van der Waals surface area contributed by atoms with Gasteiger partial charge >= 0.3 is 5.97 Å². The molecule has 2 aromatic rings. The number of carbonyl (C=O) groups is 3. The zero-order valence-corrected chi connectivity index (χ0v) is 18.2. The zero-order valence-electron chi connectivity index (χ0n) is 18.2. The topological polar surface area (TPSA) is 87.7 Å². The highest BCUT2D eigenvalue weighted by atomic mass is 16.5. The second kappa shape index (κ2) is 10.2. The zero-order chi connectivity index (χ0) is 22.4. The third-order valence-electron chi connectivity index (χ3n) is 5.39. The number of rotatable bonds is 9. The van der Waals surface area contributed by atoms with E-state index >= 15 is 0 Å². The van der Waals surface area contributed by atoms with E-state index in [-0.39, 0.29) is 24.8 Å². The summed E-state index contributed by atoms with van der Waals surface area (Å²) in [4.78, 5) is 39.1. The van der Waals surface area contributed by atoms with Crippen LogP contribution in [0.1, 0.15) is 40.7 Å². The third kappa shape index (κ3) is 6.15. The minimum absolute atomic E-state index is 0.0826. The quantitative estimate of drug-likeness (QED) is 0.603. The van der Waals surface area contributed by atoms with E-state index < -0.39 is 5.97 Å². The molecule has 0 bridgehead atoms. The van der Waals surface area contributed by atoms with Gasteiger partial charge < -0.3 is 15.4 Å². The van der Waals surface area contributed by atoms with E-state index in [0.717, 1.165) is 29.7 Å². The molecular weight excluding hydrogens is 394 g/mol. The van der Waals surface area contributed by atoms with Crippen molar-refractivity contribution >= 4 is 29.2 Å². The molecule has 0 unspecified atom stereocenters. The fourth-order valence-electron chi connectivity index (χ4n) is 3.54. The van der Waals surface area contributed by atoms with E-state index in [0.29, 0.717) is 23.8 Å². The summed E-state index contributed by atoms with van der Waals surface area (Å²) in [6, 6.07) is 13.0. The van der Waals surface area contributed by atoms with Crippen molar-refractivity contribution in [3.8, 4) is 0 Å². The van der Waals surface area contributed by atoms with Crippen LogP contribution in [0.15, 0.2) is 42.5 Å². The Morgan fingerprint density at radius 1 is 0.968 bits per heavy atom. The first kappa shape index (κ1) is 22.5. The summed E-state index contributed by atoms with van der Waals surface area (Å²) >= 11 is 0. The van der Waals surface area contributed by atoms with Crippen molar-refractivity contribution < 1.29 is 19.1 Å². The lowest BCUT2D eigenvalue weighted by molar-refractivity contribution is -0.119. The molecule has 1 aliphatic carbocycles. The molecule has 164 valence electrons. The van der Waals surface area contributed by atoms with Gasteiger partial charge in [0.15, 0.2) is 0 Å². The number of amides is 2. The number of esters is 1. The smallest absolute Gasteiger partial charge is 0.339 e. The van der Waals surface area contributed by atoms with E-state index in [2.05, 4.69) is 15.5 Å². The number of anilines is 2. The van der Waals surface area contributed by atoms with Crippen molar-refractivity contribution in [2.45, 2.75) is 39.2 Å². The van der Waals surface area contributed by atoms with Gasteiger partial charge in [-0.25, -0.2) is 4.79 Å². The van der Waals surface area contributed by atoms with Crippen LogP contribution in [-0.4, -0.2) is 48.9 Å². The van der Waals surface area contributed by atoms with Gasteiger partial charge in [0.2, 0.25) is 11.8 Å². The summed E-state index contributed by atoms with van der Waals surface area (Å²) < 4.78 is 4.76. The number of para-hydroxylation sites is 2. The molecule has 3 rings (SSSR count). The monoisotopic (exact) mass is 423 g/mol. The maximum Gasteiger partial charge on any atom is 0.339 e. The summed E-state index contributed by atoms with van der Waals surface area (Å²) in [7, 11) is 1.30. The first-order valence-corrected chi connectivity index (χ1v) is 10.5. The Bertz CT molecular complexity index is 949. The number of nitrogens with zero attached hydrogens (tertiary/aromatic N) is 1. The molecule has 1 aliphatic rings. The van der Waals surface area contributed by atoms with Gasteiger partial charge in [0.05, 0.1) is 24.9 Å². The molecule has 0 aliphatic heterocycles. The molecule has 7 heteroatoms. The summed E-state index contributed by atoms with van der Waals surface area (Å²) in [6.45, 7) is 4.65. The first-order chi connectivity index (χ1) is 14.9. The molecule has 2 N–H and O–H groups in total. The van der Waals surface area contributed by atoms with Crippen LogP contribution in [0.2, 0.25) is 0 Å². The van der Waals surface area contributed by atoms with Crippen LogP contribution in [0.4, 0.5) is 11.4 Å². The number of aryl methyl sites for hydroxylation is 2. The molecule has 31 heavy (non-hydrogen) atoms. The Labute approximate surface area is 182 Å². The minimum Gasteiger partial charge on any atom is -0.465 e. The van der Waals surface area contributed by atoms with Gasteiger partial charge in [-0.2, -0.15) is 0 Å². The van der Waals surface area contributed by atoms with Crippen molar-refractivity contribution in [2.75, 3.05) is 30.8 Å². The Morgan fingerprint density at radius 2 is 1.65 bits per heavy atom. The van der Waals surface area contributed by atoms with Crippen molar-refractivity contribution in [3.05, 3.63) is 59.2 Å². The van der Waals surface area contributed by atoms with Crippen molar-refractivity contribution in [3.63, 3.8) is 0 Å². The molecule has 0 aromatic heterocycles. The molecule has 0 spiro atoms. The summed E-state index contributed by atoms with van der Waals surface area (Å²) in [5, 5.41) is 5.79. The Kier molecular flexibility index (Phi) is 7.41. The molecule has 1 saturated carbocycles. The van der Waals surface area contributed by atoms with Crippen LogP contribution >= 0.6 is 0 Å². The van der Waals surface area contributed by atoms with E-state index in [4.69, 9.17) is 4.74 Å². The number of hydrogen-bond donors (Lipinski definition) is 2. The summed E-state index contributed by atoms with van der Waals surface area (Å²) in [5.74, 6) is -0.795. The molecule has 0 radical (unpaired) electrons. The molecule has 7 nitrogen and oxygen atoms in total. The van der Waals surface area contributed by atoms with Gasteiger partial charge in [0.1, 0.15) is 0 Å². The molecule has 0 saturated heterocycles. The first-order valence-electron chi connectivity index (χ1n) is 10.5. The van der Waals surface area contributed by atoms with Crippen molar-refractivity contribution in [2.24, 2.45) is 0 Å². The Balaban J connectivity index is 1.56. The highest BCUT2D eigenvalue weighted by molar-refractivity contribution is 6.01. The maximum absolute atomic E-state index is 12.6. The minimum atomic E-state index is -0.501. The van der Waals surface area contributed by atoms with Crippen LogP contribution < -0.4 is 10.6 Å². The van der Waals surface area contributed by atoms with Gasteiger partial charge in [-0.3, -0.25) is 14.5 Å². The number of ether oxygens (including phenoxy) is 1. The van der Waals surface area contributed by atoms with Gasteiger partial charge in [-0.1, -0.05) is 30.3 Å². The lowest BCUT2D eigenvalue weighted by atomic mass is 10.1. The van der Waals surface area contributed by atoms with Crippen LogP contribution in [0.25, 0.3) is 0 Å². The molecule has 1 fully saturated rings. The maximum atomic E-state index is 12.6. The summed E-state index contributed by atoms with van der Waals surface area (Å²) in [5.41, 5.74) is 3.63.